The molecule has 1 aromatic carbocycles. The van der Waals surface area contributed by atoms with Gasteiger partial charge in [-0.05, 0) is 61.7 Å². The number of anilines is 1. The molecule has 2 aromatic rings. The summed E-state index contributed by atoms with van der Waals surface area (Å²) in [7, 11) is 0. The molecule has 0 radical (unpaired) electrons. The number of halogens is 1. The lowest BCUT2D eigenvalue weighted by Crippen LogP contribution is -2.61. The molecule has 1 aromatic heterocycles. The molecule has 142 valence electrons. The third-order valence-corrected chi connectivity index (χ3v) is 5.52. The van der Waals surface area contributed by atoms with Gasteiger partial charge in [-0.15, -0.1) is 0 Å². The molecule has 0 aliphatic carbocycles. The first-order chi connectivity index (χ1) is 13.0. The van der Waals surface area contributed by atoms with E-state index in [9.17, 15) is 9.18 Å². The van der Waals surface area contributed by atoms with Crippen molar-refractivity contribution in [2.24, 2.45) is 0 Å². The number of morpholine rings is 1. The Morgan fingerprint density at radius 1 is 1.30 bits per heavy atom. The zero-order valence-electron chi connectivity index (χ0n) is 15.5. The molecular formula is C21H24FN3O2. The van der Waals surface area contributed by atoms with Crippen molar-refractivity contribution in [3.8, 4) is 0 Å². The Labute approximate surface area is 158 Å². The van der Waals surface area contributed by atoms with E-state index in [-0.39, 0.29) is 18.3 Å². The van der Waals surface area contributed by atoms with Crippen molar-refractivity contribution < 1.29 is 13.9 Å². The van der Waals surface area contributed by atoms with Crippen molar-refractivity contribution in [2.45, 2.75) is 31.9 Å². The number of carbonyl (C=O) groups excluding carboxylic acids is 1. The van der Waals surface area contributed by atoms with Gasteiger partial charge in [0.1, 0.15) is 12.4 Å². The SMILES string of the molecule is Cc1cnccc1CN1CCCC2(C1)CN(c1cccc(F)c1)C(=O)CO2. The van der Waals surface area contributed by atoms with Crippen LogP contribution in [0.15, 0.2) is 42.7 Å². The minimum absolute atomic E-state index is 0.0403. The number of carbonyl (C=O) groups is 1. The number of piperidine rings is 1. The highest BCUT2D eigenvalue weighted by Crippen LogP contribution is 2.32. The second kappa shape index (κ2) is 7.37. The third kappa shape index (κ3) is 3.87. The predicted octanol–water partition coefficient (Wildman–Crippen LogP) is 2.93. The van der Waals surface area contributed by atoms with Gasteiger partial charge in [0.25, 0.3) is 5.91 Å². The van der Waals surface area contributed by atoms with Gasteiger partial charge in [0.05, 0.1) is 12.1 Å². The van der Waals surface area contributed by atoms with Crippen LogP contribution in [0.25, 0.3) is 0 Å². The summed E-state index contributed by atoms with van der Waals surface area (Å²) >= 11 is 0. The summed E-state index contributed by atoms with van der Waals surface area (Å²) in [4.78, 5) is 20.6. The number of amides is 1. The maximum Gasteiger partial charge on any atom is 0.253 e. The molecule has 27 heavy (non-hydrogen) atoms. The Bertz CT molecular complexity index is 844. The molecule has 6 heteroatoms. The monoisotopic (exact) mass is 369 g/mol. The summed E-state index contributed by atoms with van der Waals surface area (Å²) in [6.07, 6.45) is 5.62. The number of likely N-dealkylation sites (tertiary alicyclic amines) is 1. The van der Waals surface area contributed by atoms with Gasteiger partial charge in [0.15, 0.2) is 0 Å². The normalized spacial score (nSPS) is 23.8. The number of benzene rings is 1. The van der Waals surface area contributed by atoms with Gasteiger partial charge in [-0.25, -0.2) is 4.39 Å². The number of aromatic nitrogens is 1. The Morgan fingerprint density at radius 3 is 3.00 bits per heavy atom. The van der Waals surface area contributed by atoms with E-state index in [1.54, 1.807) is 17.0 Å². The van der Waals surface area contributed by atoms with E-state index in [0.29, 0.717) is 12.2 Å². The van der Waals surface area contributed by atoms with E-state index in [0.717, 1.165) is 32.5 Å². The van der Waals surface area contributed by atoms with Crippen LogP contribution >= 0.6 is 0 Å². The number of hydrogen-bond donors (Lipinski definition) is 0. The van der Waals surface area contributed by atoms with Crippen LogP contribution in [-0.2, 0) is 16.1 Å². The number of ether oxygens (including phenoxy) is 1. The molecular weight excluding hydrogens is 345 g/mol. The Morgan fingerprint density at radius 2 is 2.19 bits per heavy atom. The second-order valence-corrected chi connectivity index (χ2v) is 7.55. The molecule has 1 atom stereocenters. The molecule has 1 spiro atoms. The van der Waals surface area contributed by atoms with Gasteiger partial charge < -0.3 is 9.64 Å². The van der Waals surface area contributed by atoms with Crippen LogP contribution in [0.4, 0.5) is 10.1 Å². The van der Waals surface area contributed by atoms with Gasteiger partial charge in [0.2, 0.25) is 0 Å². The van der Waals surface area contributed by atoms with Gasteiger partial charge in [-0.1, -0.05) is 6.07 Å². The summed E-state index contributed by atoms with van der Waals surface area (Å²) in [6.45, 7) is 5.17. The fraction of sp³-hybridized carbons (Fsp3) is 0.429. The zero-order chi connectivity index (χ0) is 18.9. The van der Waals surface area contributed by atoms with E-state index in [1.165, 1.54) is 23.3 Å². The van der Waals surface area contributed by atoms with Crippen LogP contribution in [0.1, 0.15) is 24.0 Å². The predicted molar refractivity (Wildman–Crippen MR) is 101 cm³/mol. The zero-order valence-corrected chi connectivity index (χ0v) is 15.5. The number of aryl methyl sites for hydroxylation is 1. The summed E-state index contributed by atoms with van der Waals surface area (Å²) in [6, 6.07) is 8.28. The first-order valence-corrected chi connectivity index (χ1v) is 9.36. The first-order valence-electron chi connectivity index (χ1n) is 9.36. The third-order valence-electron chi connectivity index (χ3n) is 5.52. The average molecular weight is 369 g/mol. The standard InChI is InChI=1S/C21H24FN3O2/c1-16-11-23-8-6-17(16)12-24-9-3-7-21(14-24)15-25(20(26)13-27-21)19-5-2-4-18(22)10-19/h2,4-6,8,10-11H,3,7,9,12-15H2,1H3. The maximum absolute atomic E-state index is 13.6. The molecule has 5 nitrogen and oxygen atoms in total. The number of nitrogens with zero attached hydrogens (tertiary/aromatic N) is 3. The average Bonchev–Trinajstić information content (AvgIpc) is 2.66. The van der Waals surface area contributed by atoms with E-state index in [4.69, 9.17) is 4.74 Å². The van der Waals surface area contributed by atoms with Crippen molar-refractivity contribution in [1.29, 1.82) is 0 Å². The molecule has 0 bridgehead atoms. The highest BCUT2D eigenvalue weighted by molar-refractivity contribution is 5.95. The van der Waals surface area contributed by atoms with Crippen LogP contribution in [0.5, 0.6) is 0 Å². The van der Waals surface area contributed by atoms with Crippen molar-refractivity contribution in [1.82, 2.24) is 9.88 Å². The number of hydrogen-bond acceptors (Lipinski definition) is 4. The van der Waals surface area contributed by atoms with Crippen LogP contribution in [0.2, 0.25) is 0 Å². The molecule has 3 heterocycles. The van der Waals surface area contributed by atoms with Crippen LogP contribution < -0.4 is 4.90 Å². The lowest BCUT2D eigenvalue weighted by Gasteiger charge is -2.47. The molecule has 2 saturated heterocycles. The minimum atomic E-state index is -0.403. The summed E-state index contributed by atoms with van der Waals surface area (Å²) in [5.74, 6) is -0.451. The van der Waals surface area contributed by atoms with Crippen LogP contribution in [0, 0.1) is 12.7 Å². The summed E-state index contributed by atoms with van der Waals surface area (Å²) in [5, 5.41) is 0. The van der Waals surface area contributed by atoms with Gasteiger partial charge in [-0.3, -0.25) is 14.7 Å². The van der Waals surface area contributed by atoms with E-state index >= 15 is 0 Å². The van der Waals surface area contributed by atoms with Crippen molar-refractivity contribution in [3.63, 3.8) is 0 Å². The Balaban J connectivity index is 1.52. The molecule has 2 aliphatic heterocycles. The first kappa shape index (κ1) is 18.1. The molecule has 0 saturated carbocycles. The molecule has 2 fully saturated rings. The van der Waals surface area contributed by atoms with Crippen LogP contribution in [0.3, 0.4) is 0 Å². The fourth-order valence-corrected chi connectivity index (χ4v) is 4.09. The van der Waals surface area contributed by atoms with Crippen molar-refractivity contribution >= 4 is 11.6 Å². The molecule has 4 rings (SSSR count). The maximum atomic E-state index is 13.6. The fourth-order valence-electron chi connectivity index (χ4n) is 4.09. The highest BCUT2D eigenvalue weighted by Gasteiger charge is 2.43. The van der Waals surface area contributed by atoms with Crippen molar-refractivity contribution in [3.05, 3.63) is 59.7 Å². The summed E-state index contributed by atoms with van der Waals surface area (Å²) in [5.41, 5.74) is 2.64. The quantitative estimate of drug-likeness (QED) is 0.835. The van der Waals surface area contributed by atoms with E-state index in [2.05, 4.69) is 22.9 Å². The highest BCUT2D eigenvalue weighted by atomic mass is 19.1. The van der Waals surface area contributed by atoms with Crippen LogP contribution in [-0.4, -0.2) is 47.6 Å². The van der Waals surface area contributed by atoms with Crippen molar-refractivity contribution in [2.75, 3.05) is 31.1 Å². The Hall–Kier alpha value is -2.31. The number of pyridine rings is 1. The van der Waals surface area contributed by atoms with Gasteiger partial charge in [0, 0.05) is 31.2 Å². The number of rotatable bonds is 3. The lowest BCUT2D eigenvalue weighted by atomic mass is 9.90. The summed E-state index contributed by atoms with van der Waals surface area (Å²) < 4.78 is 19.7. The van der Waals surface area contributed by atoms with Gasteiger partial charge >= 0.3 is 0 Å². The second-order valence-electron chi connectivity index (χ2n) is 7.55. The largest absolute Gasteiger partial charge is 0.362 e. The lowest BCUT2D eigenvalue weighted by molar-refractivity contribution is -0.146. The minimum Gasteiger partial charge on any atom is -0.362 e. The van der Waals surface area contributed by atoms with E-state index < -0.39 is 5.60 Å². The van der Waals surface area contributed by atoms with E-state index in [1.807, 2.05) is 12.4 Å². The topological polar surface area (TPSA) is 45.7 Å². The molecule has 1 unspecified atom stereocenters. The molecule has 1 amide bonds. The Kier molecular flexibility index (Phi) is 4.93. The van der Waals surface area contributed by atoms with Gasteiger partial charge in [-0.2, -0.15) is 0 Å². The smallest absolute Gasteiger partial charge is 0.253 e. The molecule has 0 N–H and O–H groups in total. The molecule has 2 aliphatic rings.